The molecule has 0 amide bonds. The molecule has 0 aromatic heterocycles. The largest absolute Gasteiger partial charge is 0.197 e. The van der Waals surface area contributed by atoms with Crippen molar-refractivity contribution in [2.75, 3.05) is 0 Å². The van der Waals surface area contributed by atoms with Gasteiger partial charge in [0.2, 0.25) is 0 Å². The Balaban J connectivity index is 0. The summed E-state index contributed by atoms with van der Waals surface area (Å²) in [7, 11) is 0. The van der Waals surface area contributed by atoms with E-state index in [1.165, 1.54) is 18.4 Å². The zero-order chi connectivity index (χ0) is 9.23. The molecule has 0 spiro atoms. The monoisotopic (exact) mass is 218 g/mol. The molecule has 2 heteroatoms. The lowest BCUT2D eigenvalue weighted by Gasteiger charge is -1.88. The molecular formula is C11H19ClS. The molecule has 0 unspecified atom stereocenters. The minimum atomic E-state index is 0. The molecule has 0 atom stereocenters. The highest BCUT2D eigenvalue weighted by atomic mass is 35.5. The van der Waals surface area contributed by atoms with Gasteiger partial charge in [-0.2, -0.15) is 13.5 Å². The molecule has 0 saturated heterocycles. The topological polar surface area (TPSA) is 0 Å². The number of unbranched alkanes of at least 4 members (excludes halogenated alkanes) is 1. The Labute approximate surface area is 93.8 Å². The maximum atomic E-state index is 5.53. The maximum absolute atomic E-state index is 5.53. The molecule has 0 heterocycles. The molecule has 0 saturated carbocycles. The lowest BCUT2D eigenvalue weighted by molar-refractivity contribution is 0.886. The third-order valence-corrected chi connectivity index (χ3v) is 1.81. The van der Waals surface area contributed by atoms with Crippen LogP contribution in [0.1, 0.15) is 32.3 Å². The molecule has 0 nitrogen and oxygen atoms in total. The maximum Gasteiger partial charge on any atom is 0.0474 e. The molecule has 13 heavy (non-hydrogen) atoms. The molecule has 0 fully saturated rings. The van der Waals surface area contributed by atoms with Gasteiger partial charge in [0.15, 0.2) is 0 Å². The number of hydrogen-bond donors (Lipinski definition) is 0. The Bertz CT molecular complexity index is 173. The van der Waals surface area contributed by atoms with Crippen molar-refractivity contribution in [2.24, 2.45) is 0 Å². The first kappa shape index (κ1) is 15.3. The van der Waals surface area contributed by atoms with E-state index in [4.69, 9.17) is 11.6 Å². The van der Waals surface area contributed by atoms with E-state index in [9.17, 15) is 0 Å². The van der Waals surface area contributed by atoms with Crippen molar-refractivity contribution in [2.45, 2.75) is 32.6 Å². The van der Waals surface area contributed by atoms with Gasteiger partial charge in [-0.1, -0.05) is 57.0 Å². The highest BCUT2D eigenvalue weighted by Gasteiger charge is 1.81. The number of alkyl halides is 1. The zero-order valence-corrected chi connectivity index (χ0v) is 10.1. The summed E-state index contributed by atoms with van der Waals surface area (Å²) >= 11 is 5.53. The third kappa shape index (κ3) is 9.78. The van der Waals surface area contributed by atoms with Crippen LogP contribution in [0.25, 0.3) is 0 Å². The van der Waals surface area contributed by atoms with Gasteiger partial charge in [0.05, 0.1) is 0 Å². The summed E-state index contributed by atoms with van der Waals surface area (Å²) in [4.78, 5) is 0. The Morgan fingerprint density at radius 3 is 1.69 bits per heavy atom. The molecule has 1 aromatic rings. The fourth-order valence-corrected chi connectivity index (χ4v) is 0.745. The fourth-order valence-electron chi connectivity index (χ4n) is 0.567. The Hall–Kier alpha value is -0.140. The van der Waals surface area contributed by atoms with Crippen LogP contribution in [-0.4, -0.2) is 0 Å². The van der Waals surface area contributed by atoms with E-state index < -0.39 is 0 Å². The molecule has 0 bridgehead atoms. The fraction of sp³-hybridized carbons (Fsp3) is 0.455. The van der Waals surface area contributed by atoms with Crippen molar-refractivity contribution >= 4 is 25.1 Å². The summed E-state index contributed by atoms with van der Waals surface area (Å²) in [6, 6.07) is 9.96. The summed E-state index contributed by atoms with van der Waals surface area (Å²) in [6.45, 7) is 4.36. The predicted molar refractivity (Wildman–Crippen MR) is 67.0 cm³/mol. The summed E-state index contributed by atoms with van der Waals surface area (Å²) in [5.41, 5.74) is 1.18. The van der Waals surface area contributed by atoms with Gasteiger partial charge in [-0.25, -0.2) is 0 Å². The van der Waals surface area contributed by atoms with Gasteiger partial charge in [-0.3, -0.25) is 0 Å². The van der Waals surface area contributed by atoms with Gasteiger partial charge in [-0.05, 0) is 5.56 Å². The van der Waals surface area contributed by atoms with Gasteiger partial charge >= 0.3 is 0 Å². The van der Waals surface area contributed by atoms with Crippen molar-refractivity contribution in [3.05, 3.63) is 35.9 Å². The first-order valence-corrected chi connectivity index (χ1v) is 4.98. The summed E-state index contributed by atoms with van der Waals surface area (Å²) in [6.07, 6.45) is 2.64. The Kier molecular flexibility index (Phi) is 14.0. The second-order valence-electron chi connectivity index (χ2n) is 2.62. The van der Waals surface area contributed by atoms with Gasteiger partial charge in [-0.15, -0.1) is 11.6 Å². The van der Waals surface area contributed by atoms with E-state index in [0.717, 1.165) is 0 Å². The molecule has 76 valence electrons. The minimum absolute atomic E-state index is 0. The molecular weight excluding hydrogens is 200 g/mol. The van der Waals surface area contributed by atoms with Crippen LogP contribution in [0.15, 0.2) is 30.3 Å². The van der Waals surface area contributed by atoms with Gasteiger partial charge in [0.25, 0.3) is 0 Å². The van der Waals surface area contributed by atoms with Crippen LogP contribution >= 0.6 is 25.1 Å². The molecule has 0 aliphatic heterocycles. The standard InChI is InChI=1S/C7H7Cl.C4H10.H2S/c8-6-7-4-2-1-3-5-7;1-3-4-2;/h1-5H,6H2;3-4H2,1-2H3;1H2. The van der Waals surface area contributed by atoms with Gasteiger partial charge in [0, 0.05) is 5.88 Å². The Morgan fingerprint density at radius 2 is 1.46 bits per heavy atom. The first-order chi connectivity index (χ1) is 5.85. The van der Waals surface area contributed by atoms with E-state index >= 15 is 0 Å². The first-order valence-electron chi connectivity index (χ1n) is 4.45. The molecule has 0 aliphatic carbocycles. The highest BCUT2D eigenvalue weighted by Crippen LogP contribution is 2.00. The lowest BCUT2D eigenvalue weighted by Crippen LogP contribution is -1.71. The van der Waals surface area contributed by atoms with Crippen LogP contribution in [0.4, 0.5) is 0 Å². The van der Waals surface area contributed by atoms with Crippen LogP contribution in [0.2, 0.25) is 0 Å². The predicted octanol–water partition coefficient (Wildman–Crippen LogP) is 4.34. The average molecular weight is 219 g/mol. The smallest absolute Gasteiger partial charge is 0.0474 e. The van der Waals surface area contributed by atoms with E-state index in [0.29, 0.717) is 5.88 Å². The third-order valence-electron chi connectivity index (χ3n) is 1.50. The quantitative estimate of drug-likeness (QED) is 0.648. The van der Waals surface area contributed by atoms with Crippen LogP contribution < -0.4 is 0 Å². The molecule has 0 aliphatic rings. The van der Waals surface area contributed by atoms with E-state index in [1.807, 2.05) is 30.3 Å². The zero-order valence-electron chi connectivity index (χ0n) is 8.39. The van der Waals surface area contributed by atoms with Gasteiger partial charge < -0.3 is 0 Å². The highest BCUT2D eigenvalue weighted by molar-refractivity contribution is 7.59. The number of benzene rings is 1. The van der Waals surface area contributed by atoms with Crippen molar-refractivity contribution in [1.29, 1.82) is 0 Å². The van der Waals surface area contributed by atoms with Crippen LogP contribution in [0.5, 0.6) is 0 Å². The number of hydrogen-bond acceptors (Lipinski definition) is 0. The van der Waals surface area contributed by atoms with E-state index in [1.54, 1.807) is 0 Å². The van der Waals surface area contributed by atoms with Crippen molar-refractivity contribution in [3.63, 3.8) is 0 Å². The SMILES string of the molecule is CCCC.ClCc1ccccc1.S. The molecule has 1 rings (SSSR count). The normalized spacial score (nSPS) is 7.92. The average Bonchev–Trinajstić information content (AvgIpc) is 2.19. The molecule has 0 N–H and O–H groups in total. The molecule has 1 aromatic carbocycles. The van der Waals surface area contributed by atoms with Crippen molar-refractivity contribution in [1.82, 2.24) is 0 Å². The Morgan fingerprint density at radius 1 is 1.00 bits per heavy atom. The van der Waals surface area contributed by atoms with Crippen LogP contribution in [-0.2, 0) is 5.88 Å². The van der Waals surface area contributed by atoms with Crippen LogP contribution in [0, 0.1) is 0 Å². The van der Waals surface area contributed by atoms with E-state index in [-0.39, 0.29) is 13.5 Å². The van der Waals surface area contributed by atoms with E-state index in [2.05, 4.69) is 13.8 Å². The van der Waals surface area contributed by atoms with Crippen molar-refractivity contribution in [3.8, 4) is 0 Å². The summed E-state index contributed by atoms with van der Waals surface area (Å²) in [5.74, 6) is 0.612. The molecule has 0 radical (unpaired) electrons. The van der Waals surface area contributed by atoms with Crippen LogP contribution in [0.3, 0.4) is 0 Å². The summed E-state index contributed by atoms with van der Waals surface area (Å²) in [5, 5.41) is 0. The van der Waals surface area contributed by atoms with Gasteiger partial charge in [0.1, 0.15) is 0 Å². The summed E-state index contributed by atoms with van der Waals surface area (Å²) < 4.78 is 0. The second-order valence-corrected chi connectivity index (χ2v) is 2.89. The number of halogens is 1. The minimum Gasteiger partial charge on any atom is -0.197 e. The van der Waals surface area contributed by atoms with Crippen molar-refractivity contribution < 1.29 is 0 Å². The number of rotatable bonds is 2. The second kappa shape index (κ2) is 11.9. The lowest BCUT2D eigenvalue weighted by atomic mass is 10.2.